The molecule has 64 valence electrons. The van der Waals surface area contributed by atoms with Crippen LogP contribution in [0.5, 0.6) is 0 Å². The Hall–Kier alpha value is -1.06. The van der Waals surface area contributed by atoms with Crippen LogP contribution in [0.1, 0.15) is 15.9 Å². The number of carbonyl (C=O) groups is 1. The highest BCUT2D eigenvalue weighted by atomic mass is 35.5. The molecule has 1 rings (SSSR count). The molecule has 0 aromatic heterocycles. The molecule has 1 aromatic carbocycles. The summed E-state index contributed by atoms with van der Waals surface area (Å²) in [5.74, 6) is 5.61. The van der Waals surface area contributed by atoms with Crippen molar-refractivity contribution in [3.05, 3.63) is 29.3 Å². The van der Waals surface area contributed by atoms with E-state index in [1.807, 2.05) is 0 Å². The molecule has 3 N–H and O–H groups in total. The zero-order valence-corrected chi connectivity index (χ0v) is 7.14. The van der Waals surface area contributed by atoms with Crippen molar-refractivity contribution in [1.29, 1.82) is 0 Å². The molecule has 0 bridgehead atoms. The number of rotatable bonds is 3. The van der Waals surface area contributed by atoms with Crippen molar-refractivity contribution >= 4 is 23.6 Å². The van der Waals surface area contributed by atoms with E-state index in [4.69, 9.17) is 17.4 Å². The van der Waals surface area contributed by atoms with Crippen LogP contribution in [-0.4, -0.2) is 6.29 Å². The van der Waals surface area contributed by atoms with Gasteiger partial charge in [0.25, 0.3) is 0 Å². The lowest BCUT2D eigenvalue weighted by atomic mass is 10.1. The van der Waals surface area contributed by atoms with Gasteiger partial charge in [-0.15, -0.1) is 11.6 Å². The second kappa shape index (κ2) is 4.09. The average Bonchev–Trinajstić information content (AvgIpc) is 2.16. The molecule has 0 saturated carbocycles. The number of aldehydes is 1. The van der Waals surface area contributed by atoms with Gasteiger partial charge in [0, 0.05) is 11.4 Å². The molecule has 4 heteroatoms. The number of alkyl halides is 1. The summed E-state index contributed by atoms with van der Waals surface area (Å²) >= 11 is 5.59. The zero-order chi connectivity index (χ0) is 8.97. The molecule has 0 saturated heterocycles. The van der Waals surface area contributed by atoms with Crippen LogP contribution in [-0.2, 0) is 5.88 Å². The van der Waals surface area contributed by atoms with Gasteiger partial charge in [-0.25, -0.2) is 0 Å². The van der Waals surface area contributed by atoms with Gasteiger partial charge >= 0.3 is 0 Å². The minimum absolute atomic E-state index is 0.411. The van der Waals surface area contributed by atoms with Gasteiger partial charge in [0.1, 0.15) is 0 Å². The maximum Gasteiger partial charge on any atom is 0.152 e. The normalized spacial score (nSPS) is 9.50. The zero-order valence-electron chi connectivity index (χ0n) is 6.38. The summed E-state index contributed by atoms with van der Waals surface area (Å²) in [4.78, 5) is 10.5. The van der Waals surface area contributed by atoms with Crippen LogP contribution in [0.2, 0.25) is 0 Å². The number of carbonyl (C=O) groups excluding carboxylic acids is 1. The van der Waals surface area contributed by atoms with Crippen molar-refractivity contribution in [1.82, 2.24) is 0 Å². The molecule has 0 heterocycles. The van der Waals surface area contributed by atoms with E-state index < -0.39 is 0 Å². The molecule has 0 atom stereocenters. The molecule has 0 unspecified atom stereocenters. The number of hydrogen-bond acceptors (Lipinski definition) is 3. The Labute approximate surface area is 75.5 Å². The van der Waals surface area contributed by atoms with Crippen molar-refractivity contribution < 1.29 is 4.79 Å². The molecule has 0 fully saturated rings. The quantitative estimate of drug-likeness (QED) is 0.324. The summed E-state index contributed by atoms with van der Waals surface area (Å²) in [6.45, 7) is 0. The van der Waals surface area contributed by atoms with E-state index in [-0.39, 0.29) is 0 Å². The molecular weight excluding hydrogens is 176 g/mol. The highest BCUT2D eigenvalue weighted by molar-refractivity contribution is 6.17. The fourth-order valence-electron chi connectivity index (χ4n) is 0.914. The van der Waals surface area contributed by atoms with Gasteiger partial charge in [-0.1, -0.05) is 6.07 Å². The fraction of sp³-hybridized carbons (Fsp3) is 0.125. The van der Waals surface area contributed by atoms with Gasteiger partial charge in [0.2, 0.25) is 0 Å². The Kier molecular flexibility index (Phi) is 3.08. The lowest BCUT2D eigenvalue weighted by Crippen LogP contribution is -2.09. The average molecular weight is 185 g/mol. The highest BCUT2D eigenvalue weighted by Gasteiger charge is 2.00. The summed E-state index contributed by atoms with van der Waals surface area (Å²) in [7, 11) is 0. The van der Waals surface area contributed by atoms with Crippen molar-refractivity contribution in [2.24, 2.45) is 5.84 Å². The molecule has 0 radical (unpaired) electrons. The Morgan fingerprint density at radius 2 is 2.33 bits per heavy atom. The number of benzene rings is 1. The summed E-state index contributed by atoms with van der Waals surface area (Å²) in [6, 6.07) is 5.22. The minimum atomic E-state index is 0.411. The molecule has 0 aliphatic carbocycles. The number of hydrazine groups is 1. The van der Waals surface area contributed by atoms with E-state index in [2.05, 4.69) is 5.43 Å². The smallest absolute Gasteiger partial charge is 0.152 e. The van der Waals surface area contributed by atoms with E-state index in [0.717, 1.165) is 11.8 Å². The molecule has 0 aliphatic heterocycles. The maximum atomic E-state index is 10.5. The van der Waals surface area contributed by atoms with Crippen LogP contribution < -0.4 is 11.3 Å². The van der Waals surface area contributed by atoms with Crippen molar-refractivity contribution in [2.75, 3.05) is 5.43 Å². The van der Waals surface area contributed by atoms with Crippen molar-refractivity contribution in [2.45, 2.75) is 5.88 Å². The molecule has 12 heavy (non-hydrogen) atoms. The third-order valence-corrected chi connectivity index (χ3v) is 1.86. The first-order valence-electron chi connectivity index (χ1n) is 3.42. The van der Waals surface area contributed by atoms with Gasteiger partial charge in [-0.3, -0.25) is 10.6 Å². The van der Waals surface area contributed by atoms with E-state index in [9.17, 15) is 4.79 Å². The Balaban J connectivity index is 3.10. The van der Waals surface area contributed by atoms with Crippen LogP contribution in [0.3, 0.4) is 0 Å². The molecule has 0 amide bonds. The first kappa shape index (κ1) is 9.03. The monoisotopic (exact) mass is 184 g/mol. The maximum absolute atomic E-state index is 10.5. The number of nitrogen functional groups attached to an aromatic ring is 1. The van der Waals surface area contributed by atoms with Crippen molar-refractivity contribution in [3.8, 4) is 0 Å². The van der Waals surface area contributed by atoms with Crippen LogP contribution >= 0.6 is 11.6 Å². The first-order valence-corrected chi connectivity index (χ1v) is 3.96. The molecule has 0 aliphatic rings. The van der Waals surface area contributed by atoms with E-state index >= 15 is 0 Å². The third-order valence-electron chi connectivity index (χ3n) is 1.55. The van der Waals surface area contributed by atoms with Gasteiger partial charge in [-0.2, -0.15) is 0 Å². The Morgan fingerprint density at radius 1 is 1.58 bits per heavy atom. The second-order valence-corrected chi connectivity index (χ2v) is 2.58. The minimum Gasteiger partial charge on any atom is -0.323 e. The Morgan fingerprint density at radius 3 is 2.83 bits per heavy atom. The lowest BCUT2D eigenvalue weighted by Gasteiger charge is -2.04. The molecule has 3 nitrogen and oxygen atoms in total. The predicted octanol–water partition coefficient (Wildman–Crippen LogP) is 1.52. The lowest BCUT2D eigenvalue weighted by molar-refractivity contribution is 0.112. The van der Waals surface area contributed by atoms with E-state index in [0.29, 0.717) is 17.1 Å². The summed E-state index contributed by atoms with van der Waals surface area (Å²) < 4.78 is 0. The number of anilines is 1. The predicted molar refractivity (Wildman–Crippen MR) is 49.2 cm³/mol. The number of nitrogens with one attached hydrogen (secondary N) is 1. The van der Waals surface area contributed by atoms with Crippen molar-refractivity contribution in [3.63, 3.8) is 0 Å². The van der Waals surface area contributed by atoms with E-state index in [1.165, 1.54) is 0 Å². The summed E-state index contributed by atoms with van der Waals surface area (Å²) in [5.41, 5.74) is 4.49. The highest BCUT2D eigenvalue weighted by Crippen LogP contribution is 2.15. The largest absolute Gasteiger partial charge is 0.323 e. The summed E-state index contributed by atoms with van der Waals surface area (Å²) in [5, 5.41) is 0. The molecule has 0 spiro atoms. The number of hydrogen-bond donors (Lipinski definition) is 2. The van der Waals surface area contributed by atoms with Gasteiger partial charge in [0.05, 0.1) is 5.69 Å². The standard InChI is InChI=1S/C8H9ClN2O/c9-4-6-1-2-7(5-12)8(3-6)11-10/h1-3,5,11H,4,10H2. The number of nitrogens with two attached hydrogens (primary N) is 1. The number of halogens is 1. The van der Waals surface area contributed by atoms with Gasteiger partial charge in [-0.05, 0) is 17.7 Å². The van der Waals surface area contributed by atoms with Gasteiger partial charge in [0.15, 0.2) is 6.29 Å². The third kappa shape index (κ3) is 1.75. The van der Waals surface area contributed by atoms with Crippen LogP contribution in [0.25, 0.3) is 0 Å². The fourth-order valence-corrected chi connectivity index (χ4v) is 1.08. The first-order chi connectivity index (χ1) is 5.81. The van der Waals surface area contributed by atoms with Crippen LogP contribution in [0.4, 0.5) is 5.69 Å². The molecule has 1 aromatic rings. The van der Waals surface area contributed by atoms with E-state index in [1.54, 1.807) is 18.2 Å². The summed E-state index contributed by atoms with van der Waals surface area (Å²) in [6.07, 6.45) is 0.743. The SMILES string of the molecule is NNc1cc(CCl)ccc1C=O. The Bertz CT molecular complexity index is 288. The molecular formula is C8H9ClN2O. The topological polar surface area (TPSA) is 55.1 Å². The second-order valence-electron chi connectivity index (χ2n) is 2.32. The van der Waals surface area contributed by atoms with Crippen LogP contribution in [0.15, 0.2) is 18.2 Å². The van der Waals surface area contributed by atoms with Crippen LogP contribution in [0, 0.1) is 0 Å². The van der Waals surface area contributed by atoms with Gasteiger partial charge < -0.3 is 5.43 Å².